The minimum absolute atomic E-state index is 0.270. The van der Waals surface area contributed by atoms with Gasteiger partial charge < -0.3 is 15.4 Å². The SMILES string of the molecule is CCCCOC(=O)c1ccc(NC(=O)Nc2cc(F)ccc2F)cc1. The first-order chi connectivity index (χ1) is 12.0. The number of anilines is 2. The molecule has 0 aliphatic rings. The molecular formula is C18H18F2N2O3. The van der Waals surface area contributed by atoms with Gasteiger partial charge in [-0.25, -0.2) is 18.4 Å². The molecule has 0 aromatic heterocycles. The molecule has 0 aliphatic heterocycles. The van der Waals surface area contributed by atoms with Crippen LogP contribution in [0.2, 0.25) is 0 Å². The lowest BCUT2D eigenvalue weighted by Gasteiger charge is -2.09. The van der Waals surface area contributed by atoms with Crippen LogP contribution in [0.25, 0.3) is 0 Å². The van der Waals surface area contributed by atoms with E-state index in [0.717, 1.165) is 31.0 Å². The first kappa shape index (κ1) is 18.4. The van der Waals surface area contributed by atoms with Crippen molar-refractivity contribution in [1.29, 1.82) is 0 Å². The Balaban J connectivity index is 1.93. The van der Waals surface area contributed by atoms with Crippen molar-refractivity contribution in [2.45, 2.75) is 19.8 Å². The predicted octanol–water partition coefficient (Wildman–Crippen LogP) is 4.57. The molecule has 7 heteroatoms. The molecule has 0 bridgehead atoms. The van der Waals surface area contributed by atoms with Crippen molar-refractivity contribution in [1.82, 2.24) is 0 Å². The smallest absolute Gasteiger partial charge is 0.338 e. The van der Waals surface area contributed by atoms with E-state index in [9.17, 15) is 18.4 Å². The van der Waals surface area contributed by atoms with Crippen LogP contribution in [0.3, 0.4) is 0 Å². The predicted molar refractivity (Wildman–Crippen MR) is 90.6 cm³/mol. The highest BCUT2D eigenvalue weighted by Crippen LogP contribution is 2.16. The summed E-state index contributed by atoms with van der Waals surface area (Å²) in [5.74, 6) is -1.85. The second kappa shape index (κ2) is 8.77. The molecule has 2 N–H and O–H groups in total. The van der Waals surface area contributed by atoms with Gasteiger partial charge in [0.05, 0.1) is 17.9 Å². The Morgan fingerprint density at radius 1 is 1.04 bits per heavy atom. The zero-order valence-electron chi connectivity index (χ0n) is 13.6. The van der Waals surface area contributed by atoms with E-state index in [1.54, 1.807) is 0 Å². The molecule has 2 amide bonds. The number of carbonyl (C=O) groups is 2. The van der Waals surface area contributed by atoms with Gasteiger partial charge in [-0.2, -0.15) is 0 Å². The molecule has 2 aromatic carbocycles. The van der Waals surface area contributed by atoms with E-state index in [4.69, 9.17) is 4.74 Å². The highest BCUT2D eigenvalue weighted by molar-refractivity contribution is 6.00. The molecule has 0 heterocycles. The number of urea groups is 1. The molecule has 0 spiro atoms. The van der Waals surface area contributed by atoms with Gasteiger partial charge in [-0.15, -0.1) is 0 Å². The summed E-state index contributed by atoms with van der Waals surface area (Å²) in [5, 5.41) is 4.68. The molecular weight excluding hydrogens is 330 g/mol. The average Bonchev–Trinajstić information content (AvgIpc) is 2.59. The fourth-order valence-corrected chi connectivity index (χ4v) is 1.96. The highest BCUT2D eigenvalue weighted by atomic mass is 19.1. The van der Waals surface area contributed by atoms with Crippen LogP contribution >= 0.6 is 0 Å². The highest BCUT2D eigenvalue weighted by Gasteiger charge is 2.10. The van der Waals surface area contributed by atoms with Crippen molar-refractivity contribution in [2.24, 2.45) is 0 Å². The minimum atomic E-state index is -0.748. The van der Waals surface area contributed by atoms with Crippen molar-refractivity contribution in [2.75, 3.05) is 17.2 Å². The number of rotatable bonds is 6. The summed E-state index contributed by atoms with van der Waals surface area (Å²) in [7, 11) is 0. The third-order valence-electron chi connectivity index (χ3n) is 3.29. The molecule has 132 valence electrons. The van der Waals surface area contributed by atoms with Gasteiger partial charge in [0.15, 0.2) is 0 Å². The maximum atomic E-state index is 13.5. The summed E-state index contributed by atoms with van der Waals surface area (Å²) >= 11 is 0. The number of nitrogens with one attached hydrogen (secondary N) is 2. The molecule has 0 fully saturated rings. The normalized spacial score (nSPS) is 10.2. The van der Waals surface area contributed by atoms with E-state index < -0.39 is 23.6 Å². The van der Waals surface area contributed by atoms with Crippen LogP contribution in [0, 0.1) is 11.6 Å². The Morgan fingerprint density at radius 3 is 2.44 bits per heavy atom. The number of carbonyl (C=O) groups excluding carboxylic acids is 2. The molecule has 2 aromatic rings. The third kappa shape index (κ3) is 5.56. The number of hydrogen-bond acceptors (Lipinski definition) is 3. The second-order valence-electron chi connectivity index (χ2n) is 5.27. The van der Waals surface area contributed by atoms with Gasteiger partial charge in [0.25, 0.3) is 0 Å². The standard InChI is InChI=1S/C18H18F2N2O3/c1-2-3-10-25-17(23)12-4-7-14(8-5-12)21-18(24)22-16-11-13(19)6-9-15(16)20/h4-9,11H,2-3,10H2,1H3,(H2,21,22,24). The number of unbranched alkanes of at least 4 members (excludes halogenated alkanes) is 1. The van der Waals surface area contributed by atoms with Crippen molar-refractivity contribution in [3.8, 4) is 0 Å². The van der Waals surface area contributed by atoms with Crippen LogP contribution in [0.15, 0.2) is 42.5 Å². The molecule has 25 heavy (non-hydrogen) atoms. The van der Waals surface area contributed by atoms with Gasteiger partial charge in [-0.1, -0.05) is 13.3 Å². The molecule has 0 saturated heterocycles. The summed E-state index contributed by atoms with van der Waals surface area (Å²) in [6.45, 7) is 2.35. The van der Waals surface area contributed by atoms with Crippen molar-refractivity contribution in [3.63, 3.8) is 0 Å². The van der Waals surface area contributed by atoms with E-state index in [0.29, 0.717) is 17.9 Å². The Hall–Kier alpha value is -2.96. The Morgan fingerprint density at radius 2 is 1.76 bits per heavy atom. The quantitative estimate of drug-likeness (QED) is 0.594. The van der Waals surface area contributed by atoms with Gasteiger partial charge >= 0.3 is 12.0 Å². The fourth-order valence-electron chi connectivity index (χ4n) is 1.96. The van der Waals surface area contributed by atoms with E-state index in [1.807, 2.05) is 6.92 Å². The number of esters is 1. The lowest BCUT2D eigenvalue weighted by atomic mass is 10.2. The molecule has 0 unspecified atom stereocenters. The van der Waals surface area contributed by atoms with Crippen LogP contribution < -0.4 is 10.6 Å². The van der Waals surface area contributed by atoms with Crippen LogP contribution in [0.1, 0.15) is 30.1 Å². The monoisotopic (exact) mass is 348 g/mol. The van der Waals surface area contributed by atoms with Crippen molar-refractivity contribution < 1.29 is 23.1 Å². The molecule has 0 atom stereocenters. The fraction of sp³-hybridized carbons (Fsp3) is 0.222. The minimum Gasteiger partial charge on any atom is -0.462 e. The first-order valence-corrected chi connectivity index (χ1v) is 7.80. The maximum Gasteiger partial charge on any atom is 0.338 e. The van der Waals surface area contributed by atoms with Gasteiger partial charge in [-0.3, -0.25) is 0 Å². The van der Waals surface area contributed by atoms with Gasteiger partial charge in [-0.05, 0) is 42.8 Å². The van der Waals surface area contributed by atoms with Crippen LogP contribution in [0.4, 0.5) is 25.0 Å². The molecule has 0 saturated carbocycles. The lowest BCUT2D eigenvalue weighted by molar-refractivity contribution is 0.0500. The number of ether oxygens (including phenoxy) is 1. The lowest BCUT2D eigenvalue weighted by Crippen LogP contribution is -2.20. The summed E-state index contributed by atoms with van der Waals surface area (Å²) in [5.41, 5.74) is 0.478. The van der Waals surface area contributed by atoms with E-state index in [1.165, 1.54) is 24.3 Å². The summed E-state index contributed by atoms with van der Waals surface area (Å²) in [4.78, 5) is 23.6. The first-order valence-electron chi connectivity index (χ1n) is 7.80. The summed E-state index contributed by atoms with van der Waals surface area (Å²) in [6, 6.07) is 8.06. The van der Waals surface area contributed by atoms with Gasteiger partial charge in [0, 0.05) is 11.8 Å². The second-order valence-corrected chi connectivity index (χ2v) is 5.27. The van der Waals surface area contributed by atoms with Gasteiger partial charge in [0.2, 0.25) is 0 Å². The third-order valence-corrected chi connectivity index (χ3v) is 3.29. The van der Waals surface area contributed by atoms with Crippen LogP contribution in [-0.2, 0) is 4.74 Å². The molecule has 2 rings (SSSR count). The van der Waals surface area contributed by atoms with Crippen LogP contribution in [0.5, 0.6) is 0 Å². The average molecular weight is 348 g/mol. The number of halogens is 2. The Bertz CT molecular complexity index is 748. The van der Waals surface area contributed by atoms with Crippen molar-refractivity contribution >= 4 is 23.4 Å². The van der Waals surface area contributed by atoms with E-state index in [2.05, 4.69) is 10.6 Å². The van der Waals surface area contributed by atoms with Crippen molar-refractivity contribution in [3.05, 3.63) is 59.7 Å². The summed E-state index contributed by atoms with van der Waals surface area (Å²) < 4.78 is 31.6. The zero-order valence-corrected chi connectivity index (χ0v) is 13.6. The number of hydrogen-bond donors (Lipinski definition) is 2. The number of benzene rings is 2. The Kier molecular flexibility index (Phi) is 6.45. The largest absolute Gasteiger partial charge is 0.462 e. The topological polar surface area (TPSA) is 67.4 Å². The van der Waals surface area contributed by atoms with E-state index in [-0.39, 0.29) is 5.69 Å². The molecule has 5 nitrogen and oxygen atoms in total. The maximum absolute atomic E-state index is 13.5. The molecule has 0 aliphatic carbocycles. The van der Waals surface area contributed by atoms with Crippen LogP contribution in [-0.4, -0.2) is 18.6 Å². The van der Waals surface area contributed by atoms with E-state index >= 15 is 0 Å². The zero-order chi connectivity index (χ0) is 18.2. The van der Waals surface area contributed by atoms with Gasteiger partial charge in [0.1, 0.15) is 11.6 Å². The Labute approximate surface area is 144 Å². The summed E-state index contributed by atoms with van der Waals surface area (Å²) in [6.07, 6.45) is 1.72. The number of amides is 2. The molecule has 0 radical (unpaired) electrons.